The van der Waals surface area contributed by atoms with Gasteiger partial charge in [-0.25, -0.2) is 4.98 Å². The predicted molar refractivity (Wildman–Crippen MR) is 106 cm³/mol. The number of hydrogen-bond donors (Lipinski definition) is 2. The molecule has 3 aromatic rings. The second-order valence-corrected chi connectivity index (χ2v) is 6.44. The minimum atomic E-state index is -0.202. The number of methoxy groups -OCH3 is 1. The zero-order chi connectivity index (χ0) is 19.7. The second-order valence-electron chi connectivity index (χ2n) is 6.44. The first-order valence-corrected chi connectivity index (χ1v) is 8.52. The molecule has 5 nitrogen and oxygen atoms in total. The number of aromatic hydroxyl groups is 2. The van der Waals surface area contributed by atoms with Crippen molar-refractivity contribution in [2.45, 2.75) is 20.8 Å². The van der Waals surface area contributed by atoms with Gasteiger partial charge >= 0.3 is 0 Å². The number of phenolic OH excluding ortho intramolecular Hbond substituents is 2. The van der Waals surface area contributed by atoms with E-state index in [2.05, 4.69) is 4.98 Å². The molecule has 0 saturated carbocycles. The summed E-state index contributed by atoms with van der Waals surface area (Å²) >= 11 is 0. The average molecular weight is 363 g/mol. The van der Waals surface area contributed by atoms with Crippen molar-refractivity contribution in [1.29, 1.82) is 0 Å². The lowest BCUT2D eigenvalue weighted by molar-refractivity contribution is 0.101. The number of ketones is 1. The molecule has 1 aromatic heterocycles. The van der Waals surface area contributed by atoms with Crippen molar-refractivity contribution in [1.82, 2.24) is 4.98 Å². The first-order valence-electron chi connectivity index (χ1n) is 8.52. The molecule has 0 spiro atoms. The molecule has 138 valence electrons. The summed E-state index contributed by atoms with van der Waals surface area (Å²) in [5.74, 6) is 0.226. The zero-order valence-electron chi connectivity index (χ0n) is 15.7. The summed E-state index contributed by atoms with van der Waals surface area (Å²) in [4.78, 5) is 16.3. The fourth-order valence-electron chi connectivity index (χ4n) is 3.13. The van der Waals surface area contributed by atoms with Crippen LogP contribution >= 0.6 is 0 Å². The summed E-state index contributed by atoms with van der Waals surface area (Å²) in [6.45, 7) is 5.17. The number of rotatable bonds is 4. The van der Waals surface area contributed by atoms with E-state index in [1.165, 1.54) is 14.0 Å². The molecule has 0 unspecified atom stereocenters. The van der Waals surface area contributed by atoms with E-state index in [1.54, 1.807) is 18.2 Å². The number of hydrogen-bond acceptors (Lipinski definition) is 5. The Balaban J connectivity index is 2.07. The van der Waals surface area contributed by atoms with Gasteiger partial charge in [-0.15, -0.1) is 0 Å². The summed E-state index contributed by atoms with van der Waals surface area (Å²) in [5.41, 5.74) is 3.89. The van der Waals surface area contributed by atoms with Crippen molar-refractivity contribution in [2.75, 3.05) is 7.11 Å². The van der Waals surface area contributed by atoms with Crippen LogP contribution < -0.4 is 4.74 Å². The molecule has 0 radical (unpaired) electrons. The molecule has 1 heterocycles. The van der Waals surface area contributed by atoms with Crippen LogP contribution in [0.1, 0.15) is 39.7 Å². The van der Waals surface area contributed by atoms with Crippen molar-refractivity contribution < 1.29 is 19.7 Å². The van der Waals surface area contributed by atoms with Gasteiger partial charge in [0.25, 0.3) is 0 Å². The van der Waals surface area contributed by atoms with Gasteiger partial charge in [-0.2, -0.15) is 0 Å². The predicted octanol–water partition coefficient (Wildman–Crippen LogP) is 4.64. The maximum Gasteiger partial charge on any atom is 0.163 e. The Labute approximate surface area is 157 Å². The third-order valence-corrected chi connectivity index (χ3v) is 4.63. The van der Waals surface area contributed by atoms with Gasteiger partial charge in [-0.3, -0.25) is 4.79 Å². The highest BCUT2D eigenvalue weighted by atomic mass is 16.5. The summed E-state index contributed by atoms with van der Waals surface area (Å²) in [5, 5.41) is 21.1. The van der Waals surface area contributed by atoms with E-state index >= 15 is 0 Å². The van der Waals surface area contributed by atoms with Crippen LogP contribution in [0.15, 0.2) is 30.3 Å². The van der Waals surface area contributed by atoms with Crippen LogP contribution in [-0.2, 0) is 0 Å². The fraction of sp³-hybridized carbons (Fsp3) is 0.182. The van der Waals surface area contributed by atoms with Crippen molar-refractivity contribution in [3.8, 4) is 17.2 Å². The SMILES string of the molecule is COc1c(O)ccc(/C=C/c2ccc3c(C)cc(C(C)=O)c(O)c3n2)c1C. The van der Waals surface area contributed by atoms with Crippen LogP contribution in [0.3, 0.4) is 0 Å². The van der Waals surface area contributed by atoms with Gasteiger partial charge in [-0.1, -0.05) is 18.2 Å². The van der Waals surface area contributed by atoms with E-state index < -0.39 is 0 Å². The third-order valence-electron chi connectivity index (χ3n) is 4.63. The number of aromatic nitrogens is 1. The van der Waals surface area contributed by atoms with Crippen LogP contribution in [-0.4, -0.2) is 28.1 Å². The lowest BCUT2D eigenvalue weighted by atomic mass is 10.0. The molecule has 27 heavy (non-hydrogen) atoms. The highest BCUT2D eigenvalue weighted by molar-refractivity contribution is 6.03. The second kappa shape index (κ2) is 7.11. The number of carbonyl (C=O) groups excluding carboxylic acids is 1. The lowest BCUT2D eigenvalue weighted by Gasteiger charge is -2.10. The summed E-state index contributed by atoms with van der Waals surface area (Å²) in [7, 11) is 1.51. The van der Waals surface area contributed by atoms with Gasteiger partial charge in [0.05, 0.1) is 18.4 Å². The van der Waals surface area contributed by atoms with Crippen molar-refractivity contribution in [3.63, 3.8) is 0 Å². The van der Waals surface area contributed by atoms with Crippen LogP contribution in [0.4, 0.5) is 0 Å². The zero-order valence-corrected chi connectivity index (χ0v) is 15.7. The minimum absolute atomic E-state index is 0.0909. The smallest absolute Gasteiger partial charge is 0.163 e. The molecule has 2 N–H and O–H groups in total. The highest BCUT2D eigenvalue weighted by Crippen LogP contribution is 2.33. The van der Waals surface area contributed by atoms with Gasteiger partial charge < -0.3 is 14.9 Å². The molecule has 2 aromatic carbocycles. The Morgan fingerprint density at radius 1 is 1.11 bits per heavy atom. The van der Waals surface area contributed by atoms with Crippen LogP contribution in [0.2, 0.25) is 0 Å². The Morgan fingerprint density at radius 3 is 2.52 bits per heavy atom. The van der Waals surface area contributed by atoms with Crippen molar-refractivity contribution >= 4 is 28.8 Å². The first kappa shape index (κ1) is 18.5. The van der Waals surface area contributed by atoms with Gasteiger partial charge in [0.2, 0.25) is 0 Å². The van der Waals surface area contributed by atoms with E-state index in [0.717, 1.165) is 22.1 Å². The van der Waals surface area contributed by atoms with E-state index in [4.69, 9.17) is 4.74 Å². The number of phenols is 2. The van der Waals surface area contributed by atoms with E-state index in [0.29, 0.717) is 17.0 Å². The summed E-state index contributed by atoms with van der Waals surface area (Å²) in [6, 6.07) is 8.79. The Hall–Kier alpha value is -3.34. The minimum Gasteiger partial charge on any atom is -0.505 e. The van der Waals surface area contributed by atoms with Crippen molar-refractivity contribution in [3.05, 3.63) is 58.3 Å². The monoisotopic (exact) mass is 363 g/mol. The molecule has 0 aliphatic rings. The number of carbonyl (C=O) groups is 1. The molecule has 0 fully saturated rings. The molecular weight excluding hydrogens is 342 g/mol. The number of pyridine rings is 1. The van der Waals surface area contributed by atoms with E-state index in [9.17, 15) is 15.0 Å². The first-order chi connectivity index (χ1) is 12.8. The number of nitrogens with zero attached hydrogens (tertiary/aromatic N) is 1. The Bertz CT molecular complexity index is 1080. The molecule has 0 atom stereocenters. The van der Waals surface area contributed by atoms with Crippen LogP contribution in [0.25, 0.3) is 23.1 Å². The fourth-order valence-corrected chi connectivity index (χ4v) is 3.13. The van der Waals surface area contributed by atoms with Gasteiger partial charge in [0.15, 0.2) is 23.0 Å². The number of aryl methyl sites for hydroxylation is 1. The standard InChI is InChI=1S/C22H21NO4/c1-12-11-18(14(3)24)21(26)20-17(12)9-8-16(23-20)7-5-15-6-10-19(25)22(27-4)13(15)2/h5-11,25-26H,1-4H3/b7-5+. The van der Waals surface area contributed by atoms with Gasteiger partial charge in [0, 0.05) is 10.9 Å². The van der Waals surface area contributed by atoms with Gasteiger partial charge in [0.1, 0.15) is 5.52 Å². The molecule has 0 aliphatic carbocycles. The molecule has 0 amide bonds. The molecule has 0 aliphatic heterocycles. The topological polar surface area (TPSA) is 79.7 Å². The highest BCUT2D eigenvalue weighted by Gasteiger charge is 2.14. The third kappa shape index (κ3) is 3.36. The molecule has 0 saturated heterocycles. The Kier molecular flexibility index (Phi) is 4.86. The van der Waals surface area contributed by atoms with Crippen LogP contribution in [0.5, 0.6) is 17.2 Å². The maximum atomic E-state index is 11.7. The van der Waals surface area contributed by atoms with Gasteiger partial charge in [-0.05, 0) is 56.2 Å². The number of fused-ring (bicyclic) bond motifs is 1. The van der Waals surface area contributed by atoms with E-state index in [1.807, 2.05) is 38.1 Å². The summed E-state index contributed by atoms with van der Waals surface area (Å²) in [6.07, 6.45) is 3.68. The average Bonchev–Trinajstić information content (AvgIpc) is 2.64. The Morgan fingerprint density at radius 2 is 1.85 bits per heavy atom. The van der Waals surface area contributed by atoms with Crippen LogP contribution in [0, 0.1) is 13.8 Å². The molecule has 0 bridgehead atoms. The quantitative estimate of drug-likeness (QED) is 0.660. The number of ether oxygens (including phenoxy) is 1. The molecule has 5 heteroatoms. The van der Waals surface area contributed by atoms with E-state index in [-0.39, 0.29) is 22.8 Å². The summed E-state index contributed by atoms with van der Waals surface area (Å²) < 4.78 is 5.23. The molecule has 3 rings (SSSR count). The normalized spacial score (nSPS) is 11.3. The maximum absolute atomic E-state index is 11.7. The number of Topliss-reactive ketones (excluding diaryl/α,β-unsaturated/α-hetero) is 1. The largest absolute Gasteiger partial charge is 0.505 e. The lowest BCUT2D eigenvalue weighted by Crippen LogP contribution is -1.97. The molecular formula is C22H21NO4. The number of benzene rings is 2. The van der Waals surface area contributed by atoms with Crippen molar-refractivity contribution in [2.24, 2.45) is 0 Å².